The zero-order chi connectivity index (χ0) is 11.8. The predicted molar refractivity (Wildman–Crippen MR) is 65.5 cm³/mol. The number of hydrogen-bond donors (Lipinski definition) is 0. The standard InChI is InChI=1S/C15H16O2/c1-10-7-8-17-13-9-12(16)15(14(10)13)11-5-3-2-4-6-11/h2-6,9-10,14-15H,7-8H2,1H3/t10-,14+,15+/m1/s1. The van der Waals surface area contributed by atoms with Gasteiger partial charge in [-0.3, -0.25) is 4.79 Å². The Kier molecular flexibility index (Phi) is 2.50. The van der Waals surface area contributed by atoms with Crippen LogP contribution in [-0.2, 0) is 9.53 Å². The number of carbonyl (C=O) groups excluding carboxylic acids is 1. The summed E-state index contributed by atoms with van der Waals surface area (Å²) >= 11 is 0. The SMILES string of the molecule is C[C@@H]1CCOC2=CC(=O)[C@H](c3ccccc3)[C@H]21. The highest BCUT2D eigenvalue weighted by Crippen LogP contribution is 2.45. The first-order valence-electron chi connectivity index (χ1n) is 6.20. The van der Waals surface area contributed by atoms with Crippen molar-refractivity contribution in [3.63, 3.8) is 0 Å². The summed E-state index contributed by atoms with van der Waals surface area (Å²) in [5.74, 6) is 1.85. The molecule has 0 aromatic heterocycles. The third-order valence-corrected chi connectivity index (χ3v) is 3.89. The maximum atomic E-state index is 12.1. The second-order valence-electron chi connectivity index (χ2n) is 4.98. The summed E-state index contributed by atoms with van der Waals surface area (Å²) in [7, 11) is 0. The lowest BCUT2D eigenvalue weighted by Gasteiger charge is -2.32. The zero-order valence-corrected chi connectivity index (χ0v) is 9.93. The van der Waals surface area contributed by atoms with Crippen LogP contribution in [0.4, 0.5) is 0 Å². The van der Waals surface area contributed by atoms with Crippen molar-refractivity contribution in [3.8, 4) is 0 Å². The van der Waals surface area contributed by atoms with E-state index in [0.29, 0.717) is 5.92 Å². The van der Waals surface area contributed by atoms with Gasteiger partial charge in [0.25, 0.3) is 0 Å². The summed E-state index contributed by atoms with van der Waals surface area (Å²) < 4.78 is 5.63. The molecular weight excluding hydrogens is 212 g/mol. The van der Waals surface area contributed by atoms with Crippen molar-refractivity contribution in [1.29, 1.82) is 0 Å². The van der Waals surface area contributed by atoms with E-state index in [0.717, 1.165) is 24.4 Å². The Morgan fingerprint density at radius 1 is 1.24 bits per heavy atom. The molecule has 17 heavy (non-hydrogen) atoms. The number of benzene rings is 1. The van der Waals surface area contributed by atoms with Crippen LogP contribution in [0.1, 0.15) is 24.8 Å². The minimum Gasteiger partial charge on any atom is -0.497 e. The molecule has 0 radical (unpaired) electrons. The van der Waals surface area contributed by atoms with E-state index >= 15 is 0 Å². The molecule has 0 amide bonds. The maximum Gasteiger partial charge on any atom is 0.167 e. The normalized spacial score (nSPS) is 31.7. The van der Waals surface area contributed by atoms with Gasteiger partial charge in [0.15, 0.2) is 5.78 Å². The third-order valence-electron chi connectivity index (χ3n) is 3.89. The highest BCUT2D eigenvalue weighted by molar-refractivity contribution is 5.99. The fourth-order valence-electron chi connectivity index (χ4n) is 2.99. The molecule has 0 unspecified atom stereocenters. The van der Waals surface area contributed by atoms with Crippen LogP contribution in [0, 0.1) is 11.8 Å². The van der Waals surface area contributed by atoms with Crippen molar-refractivity contribution in [2.24, 2.45) is 11.8 Å². The molecule has 0 saturated carbocycles. The predicted octanol–water partition coefficient (Wildman–Crippen LogP) is 2.91. The molecule has 2 heteroatoms. The van der Waals surface area contributed by atoms with Crippen LogP contribution < -0.4 is 0 Å². The van der Waals surface area contributed by atoms with E-state index in [-0.39, 0.29) is 17.6 Å². The van der Waals surface area contributed by atoms with Crippen LogP contribution in [-0.4, -0.2) is 12.4 Å². The van der Waals surface area contributed by atoms with E-state index in [1.54, 1.807) is 6.08 Å². The highest BCUT2D eigenvalue weighted by atomic mass is 16.5. The Hall–Kier alpha value is -1.57. The molecule has 0 bridgehead atoms. The lowest BCUT2D eigenvalue weighted by Crippen LogP contribution is -2.27. The number of ketones is 1. The molecule has 1 fully saturated rings. The Morgan fingerprint density at radius 2 is 2.00 bits per heavy atom. The van der Waals surface area contributed by atoms with Gasteiger partial charge in [-0.05, 0) is 17.9 Å². The monoisotopic (exact) mass is 228 g/mol. The summed E-state index contributed by atoms with van der Waals surface area (Å²) in [5, 5.41) is 0. The van der Waals surface area contributed by atoms with Gasteiger partial charge in [-0.25, -0.2) is 0 Å². The number of fused-ring (bicyclic) bond motifs is 1. The average Bonchev–Trinajstić information content (AvgIpc) is 2.68. The summed E-state index contributed by atoms with van der Waals surface area (Å²) in [6, 6.07) is 10.1. The number of rotatable bonds is 1. The Bertz CT molecular complexity index is 461. The third kappa shape index (κ3) is 1.68. The van der Waals surface area contributed by atoms with E-state index in [1.807, 2.05) is 30.3 Å². The molecule has 2 nitrogen and oxygen atoms in total. The molecule has 2 aliphatic rings. The number of ether oxygens (including phenoxy) is 1. The van der Waals surface area contributed by atoms with Crippen molar-refractivity contribution in [2.45, 2.75) is 19.3 Å². The first-order chi connectivity index (χ1) is 8.27. The molecule has 0 N–H and O–H groups in total. The van der Waals surface area contributed by atoms with Crippen LogP contribution in [0.3, 0.4) is 0 Å². The van der Waals surface area contributed by atoms with Crippen LogP contribution in [0.15, 0.2) is 42.2 Å². The van der Waals surface area contributed by atoms with Crippen LogP contribution in [0.2, 0.25) is 0 Å². The van der Waals surface area contributed by atoms with Gasteiger partial charge in [-0.1, -0.05) is 37.3 Å². The second kappa shape index (κ2) is 4.02. The van der Waals surface area contributed by atoms with Gasteiger partial charge >= 0.3 is 0 Å². The molecule has 1 heterocycles. The molecule has 1 aliphatic heterocycles. The first-order valence-corrected chi connectivity index (χ1v) is 6.20. The van der Waals surface area contributed by atoms with Gasteiger partial charge < -0.3 is 4.74 Å². The van der Waals surface area contributed by atoms with Gasteiger partial charge in [0, 0.05) is 12.0 Å². The minimum atomic E-state index is -0.0264. The minimum absolute atomic E-state index is 0.0264. The highest BCUT2D eigenvalue weighted by Gasteiger charge is 2.43. The smallest absolute Gasteiger partial charge is 0.167 e. The molecule has 1 aromatic carbocycles. The maximum absolute atomic E-state index is 12.1. The summed E-state index contributed by atoms with van der Waals surface area (Å²) in [5.41, 5.74) is 1.12. The number of allylic oxidation sites excluding steroid dienone is 2. The molecule has 1 aliphatic carbocycles. The Labute approximate surface area is 101 Å². The van der Waals surface area contributed by atoms with Crippen molar-refractivity contribution in [3.05, 3.63) is 47.7 Å². The molecule has 1 aromatic rings. The summed E-state index contributed by atoms with van der Waals surface area (Å²) in [6.07, 6.45) is 2.75. The van der Waals surface area contributed by atoms with E-state index in [4.69, 9.17) is 4.74 Å². The fraction of sp³-hybridized carbons (Fsp3) is 0.400. The lowest BCUT2D eigenvalue weighted by atomic mass is 9.77. The average molecular weight is 228 g/mol. The van der Waals surface area contributed by atoms with E-state index < -0.39 is 0 Å². The van der Waals surface area contributed by atoms with Gasteiger partial charge in [0.2, 0.25) is 0 Å². The van der Waals surface area contributed by atoms with Gasteiger partial charge in [0.1, 0.15) is 5.76 Å². The Balaban J connectivity index is 1.98. The van der Waals surface area contributed by atoms with Crippen molar-refractivity contribution >= 4 is 5.78 Å². The first kappa shape index (κ1) is 10.6. The molecular formula is C15H16O2. The number of hydrogen-bond acceptors (Lipinski definition) is 2. The second-order valence-corrected chi connectivity index (χ2v) is 4.98. The summed E-state index contributed by atoms with van der Waals surface area (Å²) in [6.45, 7) is 2.97. The molecule has 1 saturated heterocycles. The lowest BCUT2D eigenvalue weighted by molar-refractivity contribution is -0.116. The van der Waals surface area contributed by atoms with Crippen LogP contribution in [0.25, 0.3) is 0 Å². The topological polar surface area (TPSA) is 26.3 Å². The molecule has 3 atom stereocenters. The largest absolute Gasteiger partial charge is 0.497 e. The van der Waals surface area contributed by atoms with Crippen LogP contribution in [0.5, 0.6) is 0 Å². The van der Waals surface area contributed by atoms with Gasteiger partial charge in [0.05, 0.1) is 12.5 Å². The summed E-state index contributed by atoms with van der Waals surface area (Å²) in [4.78, 5) is 12.1. The number of carbonyl (C=O) groups is 1. The van der Waals surface area contributed by atoms with Crippen molar-refractivity contribution in [2.75, 3.05) is 6.61 Å². The molecule has 88 valence electrons. The molecule has 0 spiro atoms. The zero-order valence-electron chi connectivity index (χ0n) is 9.93. The van der Waals surface area contributed by atoms with E-state index in [1.165, 1.54) is 0 Å². The van der Waals surface area contributed by atoms with E-state index in [2.05, 4.69) is 6.92 Å². The van der Waals surface area contributed by atoms with Crippen LogP contribution >= 0.6 is 0 Å². The van der Waals surface area contributed by atoms with Gasteiger partial charge in [-0.15, -0.1) is 0 Å². The van der Waals surface area contributed by atoms with Crippen molar-refractivity contribution < 1.29 is 9.53 Å². The van der Waals surface area contributed by atoms with Gasteiger partial charge in [-0.2, -0.15) is 0 Å². The fourth-order valence-corrected chi connectivity index (χ4v) is 2.99. The molecule has 3 rings (SSSR count). The quantitative estimate of drug-likeness (QED) is 0.738. The Morgan fingerprint density at radius 3 is 2.76 bits per heavy atom. The van der Waals surface area contributed by atoms with Crippen molar-refractivity contribution in [1.82, 2.24) is 0 Å². The van der Waals surface area contributed by atoms with E-state index in [9.17, 15) is 4.79 Å².